The van der Waals surface area contributed by atoms with Gasteiger partial charge < -0.3 is 19.6 Å². The van der Waals surface area contributed by atoms with E-state index in [1.54, 1.807) is 13.0 Å². The lowest BCUT2D eigenvalue weighted by Crippen LogP contribution is -2.41. The van der Waals surface area contributed by atoms with Crippen LogP contribution in [0.25, 0.3) is 11.0 Å². The van der Waals surface area contributed by atoms with Crippen LogP contribution >= 0.6 is 0 Å². The van der Waals surface area contributed by atoms with E-state index in [0.717, 1.165) is 67.9 Å². The molecule has 3 aliphatic rings. The molecule has 6 nitrogen and oxygen atoms in total. The number of hydrogen-bond donors (Lipinski definition) is 2. The number of aryl methyl sites for hydroxylation is 1. The number of aliphatic hydroxyl groups excluding tert-OH is 1. The van der Waals surface area contributed by atoms with Gasteiger partial charge in [-0.3, -0.25) is 4.79 Å². The summed E-state index contributed by atoms with van der Waals surface area (Å²) in [6, 6.07) is 5.66. The van der Waals surface area contributed by atoms with Gasteiger partial charge >= 0.3 is 5.63 Å². The van der Waals surface area contributed by atoms with E-state index in [9.17, 15) is 14.7 Å². The molecule has 6 heteroatoms. The Balaban J connectivity index is 1.26. The van der Waals surface area contributed by atoms with E-state index >= 15 is 0 Å². The summed E-state index contributed by atoms with van der Waals surface area (Å²) in [4.78, 5) is 25.0. The molecule has 2 fully saturated rings. The van der Waals surface area contributed by atoms with Gasteiger partial charge in [0.25, 0.3) is 5.91 Å². The van der Waals surface area contributed by atoms with Crippen LogP contribution in [0.4, 0.5) is 0 Å². The molecule has 1 heterocycles. The van der Waals surface area contributed by atoms with Gasteiger partial charge in [0, 0.05) is 23.1 Å². The highest BCUT2D eigenvalue weighted by Crippen LogP contribution is 2.44. The van der Waals surface area contributed by atoms with E-state index in [0.29, 0.717) is 23.2 Å². The largest absolute Gasteiger partial charge is 0.481 e. The van der Waals surface area contributed by atoms with Crippen LogP contribution in [0, 0.1) is 11.8 Å². The number of carbonyl (C=O) groups excluding carboxylic acids is 1. The Morgan fingerprint density at radius 2 is 1.83 bits per heavy atom. The third kappa shape index (κ3) is 3.62. The molecule has 5 rings (SSSR count). The lowest BCUT2D eigenvalue weighted by molar-refractivity contribution is -0.128. The molecule has 3 unspecified atom stereocenters. The summed E-state index contributed by atoms with van der Waals surface area (Å²) >= 11 is 0. The van der Waals surface area contributed by atoms with Crippen LogP contribution in [-0.4, -0.2) is 29.3 Å². The number of fused-ring (bicyclic) bond motifs is 4. The SMILES string of the molecule is CC(Oc1ccc2c3c(c(=O)oc2c1)CCCC3)C(=O)NC1C[C@H]2CC(O)C[C@H]2C1. The number of benzene rings is 1. The first kappa shape index (κ1) is 19.6. The zero-order chi connectivity index (χ0) is 20.8. The standard InChI is InChI=1S/C24H29NO5/c1-13(23(27)25-16-8-14-10-17(26)11-15(14)9-16)29-18-6-7-20-19-4-2-3-5-21(19)24(28)30-22(20)12-18/h6-7,12-17,26H,2-5,8-11H2,1H3,(H,25,27)/t13?,14-,15+,16?,17?. The molecule has 2 aromatic rings. The van der Waals surface area contributed by atoms with Gasteiger partial charge in [0.2, 0.25) is 0 Å². The highest BCUT2D eigenvalue weighted by molar-refractivity contribution is 5.84. The summed E-state index contributed by atoms with van der Waals surface area (Å²) in [6.07, 6.45) is 6.57. The van der Waals surface area contributed by atoms with E-state index in [1.807, 2.05) is 12.1 Å². The normalized spacial score (nSPS) is 28.7. The Morgan fingerprint density at radius 1 is 1.13 bits per heavy atom. The topological polar surface area (TPSA) is 88.8 Å². The second kappa shape index (κ2) is 7.73. The third-order valence-electron chi connectivity index (χ3n) is 7.21. The second-order valence-electron chi connectivity index (χ2n) is 9.29. The summed E-state index contributed by atoms with van der Waals surface area (Å²) in [5.74, 6) is 1.44. The van der Waals surface area contributed by atoms with Gasteiger partial charge in [-0.05, 0) is 87.8 Å². The van der Waals surface area contributed by atoms with Gasteiger partial charge in [0.1, 0.15) is 11.3 Å². The van der Waals surface area contributed by atoms with Crippen LogP contribution in [0.15, 0.2) is 27.4 Å². The molecule has 2 N–H and O–H groups in total. The molecule has 0 spiro atoms. The molecule has 0 aliphatic heterocycles. The van der Waals surface area contributed by atoms with Gasteiger partial charge in [-0.15, -0.1) is 0 Å². The number of rotatable bonds is 4. The summed E-state index contributed by atoms with van der Waals surface area (Å²) in [7, 11) is 0. The molecule has 1 amide bonds. The molecular weight excluding hydrogens is 382 g/mol. The van der Waals surface area contributed by atoms with Crippen molar-refractivity contribution in [3.8, 4) is 5.75 Å². The number of hydrogen-bond acceptors (Lipinski definition) is 5. The maximum atomic E-state index is 12.6. The average Bonchev–Trinajstić information content (AvgIpc) is 3.24. The first-order valence-electron chi connectivity index (χ1n) is 11.2. The van der Waals surface area contributed by atoms with Gasteiger partial charge in [0.15, 0.2) is 6.10 Å². The van der Waals surface area contributed by atoms with Crippen molar-refractivity contribution < 1.29 is 19.1 Å². The van der Waals surface area contributed by atoms with Crippen LogP contribution in [-0.2, 0) is 17.6 Å². The number of nitrogens with one attached hydrogen (secondary N) is 1. The quantitative estimate of drug-likeness (QED) is 0.755. The maximum Gasteiger partial charge on any atom is 0.339 e. The van der Waals surface area contributed by atoms with Crippen LogP contribution < -0.4 is 15.7 Å². The molecular formula is C24H29NO5. The van der Waals surface area contributed by atoms with Gasteiger partial charge in [-0.2, -0.15) is 0 Å². The lowest BCUT2D eigenvalue weighted by atomic mass is 9.91. The highest BCUT2D eigenvalue weighted by atomic mass is 16.5. The predicted octanol–water partition coefficient (Wildman–Crippen LogP) is 3.10. The first-order valence-corrected chi connectivity index (χ1v) is 11.2. The van der Waals surface area contributed by atoms with Crippen molar-refractivity contribution in [3.63, 3.8) is 0 Å². The van der Waals surface area contributed by atoms with Crippen molar-refractivity contribution in [2.75, 3.05) is 0 Å². The molecule has 3 aliphatic carbocycles. The number of amides is 1. The van der Waals surface area contributed by atoms with E-state index in [-0.39, 0.29) is 23.7 Å². The summed E-state index contributed by atoms with van der Waals surface area (Å²) in [5, 5.41) is 13.9. The molecule has 1 aromatic carbocycles. The monoisotopic (exact) mass is 411 g/mol. The van der Waals surface area contributed by atoms with Gasteiger partial charge in [-0.25, -0.2) is 4.79 Å². The van der Waals surface area contributed by atoms with Crippen molar-refractivity contribution in [2.24, 2.45) is 11.8 Å². The van der Waals surface area contributed by atoms with Gasteiger partial charge in [-0.1, -0.05) is 0 Å². The molecule has 2 saturated carbocycles. The molecule has 0 radical (unpaired) electrons. The third-order valence-corrected chi connectivity index (χ3v) is 7.21. The highest BCUT2D eigenvalue weighted by Gasteiger charge is 2.41. The van der Waals surface area contributed by atoms with E-state index in [4.69, 9.17) is 9.15 Å². The molecule has 5 atom stereocenters. The summed E-state index contributed by atoms with van der Waals surface area (Å²) in [5.41, 5.74) is 2.18. The number of carbonyl (C=O) groups is 1. The zero-order valence-corrected chi connectivity index (χ0v) is 17.4. The Kier molecular flexibility index (Phi) is 5.05. The Morgan fingerprint density at radius 3 is 2.57 bits per heavy atom. The Bertz CT molecular complexity index is 1010. The fourth-order valence-corrected chi connectivity index (χ4v) is 5.78. The van der Waals surface area contributed by atoms with Crippen LogP contribution in [0.1, 0.15) is 56.6 Å². The fourth-order valence-electron chi connectivity index (χ4n) is 5.78. The van der Waals surface area contributed by atoms with Gasteiger partial charge in [0.05, 0.1) is 6.10 Å². The smallest absolute Gasteiger partial charge is 0.339 e. The van der Waals surface area contributed by atoms with E-state index < -0.39 is 6.10 Å². The van der Waals surface area contributed by atoms with E-state index in [1.165, 1.54) is 0 Å². The van der Waals surface area contributed by atoms with Crippen LogP contribution in [0.3, 0.4) is 0 Å². The number of ether oxygens (including phenoxy) is 1. The van der Waals surface area contributed by atoms with Crippen molar-refractivity contribution in [3.05, 3.63) is 39.7 Å². The zero-order valence-electron chi connectivity index (χ0n) is 17.4. The number of aliphatic hydroxyl groups is 1. The Labute approximate surface area is 175 Å². The van der Waals surface area contributed by atoms with E-state index in [2.05, 4.69) is 5.32 Å². The summed E-state index contributed by atoms with van der Waals surface area (Å²) < 4.78 is 11.4. The van der Waals surface area contributed by atoms with Crippen molar-refractivity contribution >= 4 is 16.9 Å². The maximum absolute atomic E-state index is 12.6. The van der Waals surface area contributed by atoms with Crippen molar-refractivity contribution in [2.45, 2.75) is 76.5 Å². The minimum absolute atomic E-state index is 0.132. The fraction of sp³-hybridized carbons (Fsp3) is 0.583. The first-order chi connectivity index (χ1) is 14.5. The Hall–Kier alpha value is -2.34. The summed E-state index contributed by atoms with van der Waals surface area (Å²) in [6.45, 7) is 1.74. The molecule has 0 saturated heterocycles. The van der Waals surface area contributed by atoms with Crippen molar-refractivity contribution in [1.82, 2.24) is 5.32 Å². The average molecular weight is 411 g/mol. The van der Waals surface area contributed by atoms with Crippen LogP contribution in [0.2, 0.25) is 0 Å². The van der Waals surface area contributed by atoms with Crippen molar-refractivity contribution in [1.29, 1.82) is 0 Å². The molecule has 0 bridgehead atoms. The minimum atomic E-state index is -0.641. The predicted molar refractivity (Wildman–Crippen MR) is 113 cm³/mol. The van der Waals surface area contributed by atoms with Crippen LogP contribution in [0.5, 0.6) is 5.75 Å². The second-order valence-corrected chi connectivity index (χ2v) is 9.29. The molecule has 1 aromatic heterocycles. The lowest BCUT2D eigenvalue weighted by Gasteiger charge is -2.20. The molecule has 160 valence electrons. The molecule has 30 heavy (non-hydrogen) atoms. The minimum Gasteiger partial charge on any atom is -0.481 e.